The molecule has 0 saturated carbocycles. The molecule has 1 atom stereocenters. The van der Waals surface area contributed by atoms with Crippen molar-refractivity contribution in [2.24, 2.45) is 0 Å². The highest BCUT2D eigenvalue weighted by Crippen LogP contribution is 2.40. The van der Waals surface area contributed by atoms with Crippen LogP contribution in [0.2, 0.25) is 0 Å². The first-order valence-corrected chi connectivity index (χ1v) is 10.3. The summed E-state index contributed by atoms with van der Waals surface area (Å²) in [5.41, 5.74) is 1.28. The number of ketones is 1. The Morgan fingerprint density at radius 2 is 2.17 bits per heavy atom. The third kappa shape index (κ3) is 4.15. The van der Waals surface area contributed by atoms with Crippen molar-refractivity contribution < 1.29 is 24.2 Å². The molecule has 0 saturated heterocycles. The molecule has 2 heterocycles. The molecule has 0 aliphatic carbocycles. The lowest BCUT2D eigenvalue weighted by molar-refractivity contribution is -0.130. The summed E-state index contributed by atoms with van der Waals surface area (Å²) in [5.74, 6) is -0.957. The molecule has 0 fully saturated rings. The molecular formula is C22H24N2O5S. The Balaban J connectivity index is 2.08. The van der Waals surface area contributed by atoms with Crippen LogP contribution >= 0.6 is 11.3 Å². The smallest absolute Gasteiger partial charge is 0.290 e. The van der Waals surface area contributed by atoms with Gasteiger partial charge in [-0.1, -0.05) is 24.8 Å². The van der Waals surface area contributed by atoms with E-state index in [0.29, 0.717) is 28.5 Å². The van der Waals surface area contributed by atoms with Crippen LogP contribution in [-0.4, -0.2) is 53.5 Å². The first-order chi connectivity index (χ1) is 14.4. The maximum Gasteiger partial charge on any atom is 0.290 e. The van der Waals surface area contributed by atoms with Crippen molar-refractivity contribution in [3.05, 3.63) is 69.4 Å². The number of hydrogen-bond donors (Lipinski definition) is 1. The van der Waals surface area contributed by atoms with Gasteiger partial charge >= 0.3 is 0 Å². The molecule has 0 spiro atoms. The second-order valence-corrected chi connectivity index (χ2v) is 8.01. The number of aromatic nitrogens is 1. The fraction of sp³-hybridized carbons (Fsp3) is 0.318. The van der Waals surface area contributed by atoms with Gasteiger partial charge in [-0.25, -0.2) is 4.98 Å². The molecule has 3 rings (SSSR count). The van der Waals surface area contributed by atoms with Crippen molar-refractivity contribution in [2.75, 3.05) is 26.9 Å². The molecule has 30 heavy (non-hydrogen) atoms. The SMILES string of the molecule is C=CCOc1cccc(C2C(C(=O)c3sc(C)nc3C)=C(O)C(=O)N2CCOC)c1. The van der Waals surface area contributed by atoms with Gasteiger partial charge < -0.3 is 19.5 Å². The molecule has 1 unspecified atom stereocenters. The predicted molar refractivity (Wildman–Crippen MR) is 114 cm³/mol. The molecule has 1 aliphatic heterocycles. The van der Waals surface area contributed by atoms with Crippen LogP contribution in [0.15, 0.2) is 48.3 Å². The molecule has 158 valence electrons. The van der Waals surface area contributed by atoms with E-state index in [9.17, 15) is 14.7 Å². The molecule has 8 heteroatoms. The van der Waals surface area contributed by atoms with Crippen molar-refractivity contribution in [3.8, 4) is 5.75 Å². The Kier molecular flexibility index (Phi) is 6.69. The van der Waals surface area contributed by atoms with Gasteiger partial charge in [-0.2, -0.15) is 0 Å². The van der Waals surface area contributed by atoms with E-state index >= 15 is 0 Å². The van der Waals surface area contributed by atoms with E-state index in [-0.39, 0.29) is 18.7 Å². The summed E-state index contributed by atoms with van der Waals surface area (Å²) in [6.45, 7) is 8.01. The maximum absolute atomic E-state index is 13.4. The normalized spacial score (nSPS) is 16.3. The zero-order valence-corrected chi connectivity index (χ0v) is 18.0. The number of hydrogen-bond acceptors (Lipinski definition) is 7. The lowest BCUT2D eigenvalue weighted by Gasteiger charge is -2.26. The summed E-state index contributed by atoms with van der Waals surface area (Å²) < 4.78 is 10.7. The van der Waals surface area contributed by atoms with E-state index in [1.807, 2.05) is 6.92 Å². The van der Waals surface area contributed by atoms with Crippen LogP contribution in [0.1, 0.15) is 32.0 Å². The molecule has 0 radical (unpaired) electrons. The first-order valence-electron chi connectivity index (χ1n) is 9.44. The Bertz CT molecular complexity index is 1010. The van der Waals surface area contributed by atoms with Crippen molar-refractivity contribution in [1.82, 2.24) is 9.88 Å². The summed E-state index contributed by atoms with van der Waals surface area (Å²) in [6.07, 6.45) is 1.63. The number of rotatable bonds is 9. The maximum atomic E-state index is 13.4. The number of nitrogens with zero attached hydrogens (tertiary/aromatic N) is 2. The summed E-state index contributed by atoms with van der Waals surface area (Å²) in [4.78, 5) is 32.4. The van der Waals surface area contributed by atoms with Gasteiger partial charge in [0.1, 0.15) is 12.4 Å². The van der Waals surface area contributed by atoms with Crippen LogP contribution in [0.3, 0.4) is 0 Å². The third-order valence-electron chi connectivity index (χ3n) is 4.74. The minimum absolute atomic E-state index is 0.0451. The van der Waals surface area contributed by atoms with Gasteiger partial charge in [-0.3, -0.25) is 9.59 Å². The molecule has 2 aromatic rings. The zero-order chi connectivity index (χ0) is 21.8. The number of aliphatic hydroxyl groups is 1. The minimum atomic E-state index is -0.755. The lowest BCUT2D eigenvalue weighted by Crippen LogP contribution is -2.34. The number of carbonyl (C=O) groups excluding carboxylic acids is 2. The van der Waals surface area contributed by atoms with Gasteiger partial charge in [0.15, 0.2) is 5.76 Å². The monoisotopic (exact) mass is 428 g/mol. The number of thiazole rings is 1. The van der Waals surface area contributed by atoms with Crippen LogP contribution < -0.4 is 4.74 Å². The largest absolute Gasteiger partial charge is 0.503 e. The highest BCUT2D eigenvalue weighted by Gasteiger charge is 2.44. The van der Waals surface area contributed by atoms with Crippen molar-refractivity contribution in [2.45, 2.75) is 19.9 Å². The van der Waals surface area contributed by atoms with Crippen molar-refractivity contribution in [3.63, 3.8) is 0 Å². The van der Waals surface area contributed by atoms with Gasteiger partial charge in [-0.15, -0.1) is 11.3 Å². The Labute approximate surface area is 179 Å². The molecule has 1 aromatic heterocycles. The van der Waals surface area contributed by atoms with Gasteiger partial charge in [-0.05, 0) is 31.5 Å². The van der Waals surface area contributed by atoms with Crippen LogP contribution in [0.25, 0.3) is 0 Å². The molecular weight excluding hydrogens is 404 g/mol. The standard InChI is InChI=1S/C22H24N2O5S/c1-5-10-29-16-8-6-7-15(12-16)18-17(19(25)21-13(2)23-14(3)30-21)20(26)22(27)24(18)9-11-28-4/h5-8,12,18,26H,1,9-11H2,2-4H3. The van der Waals surface area contributed by atoms with E-state index in [4.69, 9.17) is 9.47 Å². The fourth-order valence-corrected chi connectivity index (χ4v) is 4.32. The lowest BCUT2D eigenvalue weighted by atomic mass is 9.95. The quantitative estimate of drug-likeness (QED) is 0.485. The van der Waals surface area contributed by atoms with E-state index in [1.54, 1.807) is 37.3 Å². The minimum Gasteiger partial charge on any atom is -0.503 e. The Morgan fingerprint density at radius 1 is 1.40 bits per heavy atom. The van der Waals surface area contributed by atoms with Crippen LogP contribution in [0.5, 0.6) is 5.75 Å². The summed E-state index contributed by atoms with van der Waals surface area (Å²) in [7, 11) is 1.53. The molecule has 0 bridgehead atoms. The number of aryl methyl sites for hydroxylation is 2. The molecule has 1 amide bonds. The number of carbonyl (C=O) groups is 2. The van der Waals surface area contributed by atoms with Crippen LogP contribution in [0, 0.1) is 13.8 Å². The summed E-state index contributed by atoms with van der Waals surface area (Å²) >= 11 is 1.25. The van der Waals surface area contributed by atoms with Crippen molar-refractivity contribution in [1.29, 1.82) is 0 Å². The second-order valence-electron chi connectivity index (χ2n) is 6.80. The van der Waals surface area contributed by atoms with E-state index < -0.39 is 23.5 Å². The average molecular weight is 429 g/mol. The molecule has 1 aromatic carbocycles. The predicted octanol–water partition coefficient (Wildman–Crippen LogP) is 3.55. The number of benzene rings is 1. The van der Waals surface area contributed by atoms with Gasteiger partial charge in [0.2, 0.25) is 5.78 Å². The third-order valence-corrected chi connectivity index (χ3v) is 5.81. The highest BCUT2D eigenvalue weighted by molar-refractivity contribution is 7.14. The van der Waals surface area contributed by atoms with Gasteiger partial charge in [0.05, 0.1) is 33.8 Å². The first kappa shape index (κ1) is 21.7. The summed E-state index contributed by atoms with van der Waals surface area (Å²) in [6, 6.07) is 6.37. The topological polar surface area (TPSA) is 89.0 Å². The Hall–Kier alpha value is -2.97. The number of ether oxygens (including phenoxy) is 2. The number of Topliss-reactive ketones (excluding diaryl/α,β-unsaturated/α-hetero) is 1. The van der Waals surface area contributed by atoms with E-state index in [1.165, 1.54) is 23.3 Å². The summed E-state index contributed by atoms with van der Waals surface area (Å²) in [5, 5.41) is 11.4. The highest BCUT2D eigenvalue weighted by atomic mass is 32.1. The van der Waals surface area contributed by atoms with E-state index in [2.05, 4.69) is 11.6 Å². The van der Waals surface area contributed by atoms with E-state index in [0.717, 1.165) is 5.01 Å². The number of aliphatic hydroxyl groups excluding tert-OH is 1. The van der Waals surface area contributed by atoms with Crippen molar-refractivity contribution >= 4 is 23.0 Å². The average Bonchev–Trinajstić information content (AvgIpc) is 3.20. The Morgan fingerprint density at radius 3 is 2.80 bits per heavy atom. The fourth-order valence-electron chi connectivity index (χ4n) is 3.45. The molecule has 1 aliphatic rings. The van der Waals surface area contributed by atoms with Crippen LogP contribution in [-0.2, 0) is 9.53 Å². The van der Waals surface area contributed by atoms with Crippen LogP contribution in [0.4, 0.5) is 0 Å². The van der Waals surface area contributed by atoms with Gasteiger partial charge in [0.25, 0.3) is 5.91 Å². The van der Waals surface area contributed by atoms with Gasteiger partial charge in [0, 0.05) is 13.7 Å². The molecule has 1 N–H and O–H groups in total. The zero-order valence-electron chi connectivity index (χ0n) is 17.2. The second kappa shape index (κ2) is 9.23. The number of methoxy groups -OCH3 is 1. The number of amides is 1. The molecule has 7 nitrogen and oxygen atoms in total.